The maximum absolute atomic E-state index is 14.3. The Morgan fingerprint density at radius 2 is 1.90 bits per heavy atom. The van der Waals surface area contributed by atoms with Crippen molar-refractivity contribution in [2.45, 2.75) is 18.9 Å². The van der Waals surface area contributed by atoms with Crippen molar-refractivity contribution in [3.05, 3.63) is 65.8 Å². The van der Waals surface area contributed by atoms with Crippen LogP contribution in [0.3, 0.4) is 0 Å². The van der Waals surface area contributed by atoms with Crippen LogP contribution >= 0.6 is 11.6 Å². The van der Waals surface area contributed by atoms with Gasteiger partial charge in [0, 0.05) is 41.9 Å². The van der Waals surface area contributed by atoms with Gasteiger partial charge in [-0.1, -0.05) is 11.6 Å². The molecule has 0 bridgehead atoms. The van der Waals surface area contributed by atoms with Crippen LogP contribution in [-0.4, -0.2) is 33.0 Å². The summed E-state index contributed by atoms with van der Waals surface area (Å²) in [5.74, 6) is -0.368. The lowest BCUT2D eigenvalue weighted by molar-refractivity contribution is 0.0675. The van der Waals surface area contributed by atoms with Crippen LogP contribution in [0.4, 0.5) is 15.8 Å². The number of nitrogens with zero attached hydrogens (tertiary/aromatic N) is 4. The fourth-order valence-corrected chi connectivity index (χ4v) is 3.96. The van der Waals surface area contributed by atoms with Crippen molar-refractivity contribution in [1.82, 2.24) is 19.7 Å². The average molecular weight is 424 g/mol. The first-order valence-corrected chi connectivity index (χ1v) is 10.2. The molecule has 0 aliphatic carbocycles. The first-order chi connectivity index (χ1) is 14.7. The fraction of sp³-hybridized carbons (Fsp3) is 0.227. The van der Waals surface area contributed by atoms with E-state index in [9.17, 15) is 4.39 Å². The van der Waals surface area contributed by atoms with Gasteiger partial charge < -0.3 is 10.1 Å². The topological polar surface area (TPSA) is 64.9 Å². The molecule has 152 valence electrons. The van der Waals surface area contributed by atoms with E-state index in [4.69, 9.17) is 16.3 Å². The zero-order valence-electron chi connectivity index (χ0n) is 16.1. The minimum Gasteiger partial charge on any atom is -0.381 e. The van der Waals surface area contributed by atoms with Gasteiger partial charge in [-0.05, 0) is 49.2 Å². The van der Waals surface area contributed by atoms with Crippen molar-refractivity contribution < 1.29 is 9.13 Å². The van der Waals surface area contributed by atoms with Gasteiger partial charge >= 0.3 is 0 Å². The van der Waals surface area contributed by atoms with Gasteiger partial charge in [-0.2, -0.15) is 5.10 Å². The molecule has 1 aliphatic heterocycles. The summed E-state index contributed by atoms with van der Waals surface area (Å²) in [6, 6.07) is 10.3. The summed E-state index contributed by atoms with van der Waals surface area (Å²) in [7, 11) is 0. The standard InChI is InChI=1S/C22H19ClFN5O/c23-14-1-2-18(24)17(11-14)20-12-15(3-7-25-20)28-19-4-8-26-21-13-27-29(22(19)21)16-5-9-30-10-6-16/h1-4,7-8,11-13,16H,5-6,9-10H2,(H,25,26,28). The Morgan fingerprint density at radius 3 is 2.77 bits per heavy atom. The van der Waals surface area contributed by atoms with Crippen LogP contribution in [0.15, 0.2) is 55.0 Å². The quantitative estimate of drug-likeness (QED) is 0.477. The number of hydrogen-bond donors (Lipinski definition) is 1. The van der Waals surface area contributed by atoms with Gasteiger partial charge in [0.2, 0.25) is 0 Å². The minimum absolute atomic E-state index is 0.273. The molecule has 1 N–H and O–H groups in total. The number of hydrogen-bond acceptors (Lipinski definition) is 5. The third-order valence-electron chi connectivity index (χ3n) is 5.27. The van der Waals surface area contributed by atoms with Gasteiger partial charge in [-0.3, -0.25) is 14.6 Å². The number of nitrogens with one attached hydrogen (secondary N) is 1. The van der Waals surface area contributed by atoms with E-state index in [2.05, 4.69) is 20.4 Å². The number of ether oxygens (including phenoxy) is 1. The number of fused-ring (bicyclic) bond motifs is 1. The Labute approximate surface area is 177 Å². The van der Waals surface area contributed by atoms with Crippen molar-refractivity contribution in [3.8, 4) is 11.3 Å². The van der Waals surface area contributed by atoms with Crippen LogP contribution in [0.25, 0.3) is 22.3 Å². The fourth-order valence-electron chi connectivity index (χ4n) is 3.79. The number of benzene rings is 1. The third kappa shape index (κ3) is 3.62. The maximum Gasteiger partial charge on any atom is 0.132 e. The molecule has 0 saturated carbocycles. The smallest absolute Gasteiger partial charge is 0.132 e. The molecule has 0 atom stereocenters. The monoisotopic (exact) mass is 423 g/mol. The van der Waals surface area contributed by atoms with Crippen molar-refractivity contribution in [2.24, 2.45) is 0 Å². The highest BCUT2D eigenvalue weighted by Gasteiger charge is 2.20. The molecule has 1 saturated heterocycles. The van der Waals surface area contributed by atoms with Crippen LogP contribution in [0.1, 0.15) is 18.9 Å². The summed E-state index contributed by atoms with van der Waals surface area (Å²) in [4.78, 5) is 8.77. The molecule has 6 nitrogen and oxygen atoms in total. The van der Waals surface area contributed by atoms with E-state index >= 15 is 0 Å². The zero-order valence-corrected chi connectivity index (χ0v) is 16.8. The normalized spacial score (nSPS) is 14.9. The molecule has 1 fully saturated rings. The van der Waals surface area contributed by atoms with Gasteiger partial charge in [0.15, 0.2) is 0 Å². The molecule has 30 heavy (non-hydrogen) atoms. The summed E-state index contributed by atoms with van der Waals surface area (Å²) in [5.41, 5.74) is 4.29. The molecule has 0 spiro atoms. The third-order valence-corrected chi connectivity index (χ3v) is 5.50. The summed E-state index contributed by atoms with van der Waals surface area (Å²) >= 11 is 6.04. The van der Waals surface area contributed by atoms with Crippen LogP contribution in [0.5, 0.6) is 0 Å². The second kappa shape index (κ2) is 8.01. The predicted molar refractivity (Wildman–Crippen MR) is 115 cm³/mol. The highest BCUT2D eigenvalue weighted by atomic mass is 35.5. The summed E-state index contributed by atoms with van der Waals surface area (Å²) in [5, 5.41) is 8.48. The van der Waals surface area contributed by atoms with Gasteiger partial charge in [0.05, 0.1) is 23.6 Å². The van der Waals surface area contributed by atoms with Gasteiger partial charge in [0.1, 0.15) is 16.9 Å². The Hall–Kier alpha value is -3.03. The van der Waals surface area contributed by atoms with Crippen LogP contribution in [-0.2, 0) is 4.74 Å². The number of halogens is 2. The molecule has 0 amide bonds. The Kier molecular flexibility index (Phi) is 5.06. The van der Waals surface area contributed by atoms with E-state index in [0.29, 0.717) is 16.3 Å². The van der Waals surface area contributed by atoms with Crippen LogP contribution in [0.2, 0.25) is 5.02 Å². The Morgan fingerprint density at radius 1 is 1.07 bits per heavy atom. The van der Waals surface area contributed by atoms with Crippen LogP contribution < -0.4 is 5.32 Å². The molecule has 4 heterocycles. The van der Waals surface area contributed by atoms with Gasteiger partial charge in [-0.15, -0.1) is 0 Å². The lowest BCUT2D eigenvalue weighted by Crippen LogP contribution is -2.20. The highest BCUT2D eigenvalue weighted by Crippen LogP contribution is 2.32. The van der Waals surface area contributed by atoms with E-state index in [-0.39, 0.29) is 11.9 Å². The summed E-state index contributed by atoms with van der Waals surface area (Å²) in [6.07, 6.45) is 7.01. The summed E-state index contributed by atoms with van der Waals surface area (Å²) in [6.45, 7) is 1.46. The first kappa shape index (κ1) is 19.0. The van der Waals surface area contributed by atoms with Crippen molar-refractivity contribution in [3.63, 3.8) is 0 Å². The molecule has 1 aromatic carbocycles. The van der Waals surface area contributed by atoms with Crippen molar-refractivity contribution in [1.29, 1.82) is 0 Å². The molecule has 8 heteroatoms. The number of anilines is 2. The largest absolute Gasteiger partial charge is 0.381 e. The molecule has 3 aromatic heterocycles. The lowest BCUT2D eigenvalue weighted by atomic mass is 10.1. The van der Waals surface area contributed by atoms with Gasteiger partial charge in [0.25, 0.3) is 0 Å². The molecular formula is C22H19ClFN5O. The van der Waals surface area contributed by atoms with E-state index < -0.39 is 0 Å². The molecule has 1 aliphatic rings. The maximum atomic E-state index is 14.3. The van der Waals surface area contributed by atoms with Crippen molar-refractivity contribution in [2.75, 3.05) is 18.5 Å². The van der Waals surface area contributed by atoms with Crippen LogP contribution in [0, 0.1) is 5.82 Å². The van der Waals surface area contributed by atoms with E-state index in [1.54, 1.807) is 30.7 Å². The summed E-state index contributed by atoms with van der Waals surface area (Å²) < 4.78 is 21.8. The predicted octanol–water partition coefficient (Wildman–Crippen LogP) is 5.38. The Balaban J connectivity index is 1.52. The molecule has 0 unspecified atom stereocenters. The second-order valence-electron chi connectivity index (χ2n) is 7.20. The van der Waals surface area contributed by atoms with E-state index in [1.807, 2.05) is 16.8 Å². The average Bonchev–Trinajstić information content (AvgIpc) is 3.22. The van der Waals surface area contributed by atoms with E-state index in [1.165, 1.54) is 12.1 Å². The van der Waals surface area contributed by atoms with Gasteiger partial charge in [-0.25, -0.2) is 4.39 Å². The number of pyridine rings is 2. The minimum atomic E-state index is -0.368. The second-order valence-corrected chi connectivity index (χ2v) is 7.64. The molecular weight excluding hydrogens is 405 g/mol. The van der Waals surface area contributed by atoms with E-state index in [0.717, 1.165) is 48.5 Å². The Bertz CT molecular complexity index is 1210. The lowest BCUT2D eigenvalue weighted by Gasteiger charge is -2.23. The molecule has 5 rings (SSSR count). The molecule has 0 radical (unpaired) electrons. The SMILES string of the molecule is Fc1ccc(Cl)cc1-c1cc(Nc2ccnc3cnn(C4CCOCC4)c23)ccn1. The first-order valence-electron chi connectivity index (χ1n) is 9.77. The molecule has 4 aromatic rings. The van der Waals surface area contributed by atoms with Crippen molar-refractivity contribution >= 4 is 34.0 Å². The zero-order chi connectivity index (χ0) is 20.5. The number of aromatic nitrogens is 4. The highest BCUT2D eigenvalue weighted by molar-refractivity contribution is 6.30. The number of rotatable bonds is 4.